The minimum absolute atomic E-state index is 0.0229. The summed E-state index contributed by atoms with van der Waals surface area (Å²) >= 11 is 1.56. The number of benzene rings is 1. The zero-order valence-electron chi connectivity index (χ0n) is 17.6. The van der Waals surface area contributed by atoms with Gasteiger partial charge in [-0.1, -0.05) is 23.5 Å². The average Bonchev–Trinajstić information content (AvgIpc) is 3.19. The molecule has 31 heavy (non-hydrogen) atoms. The van der Waals surface area contributed by atoms with Crippen molar-refractivity contribution < 1.29 is 9.18 Å². The maximum absolute atomic E-state index is 13.0. The largest absolute Gasteiger partial charge is 0.310 e. The van der Waals surface area contributed by atoms with Crippen LogP contribution in [0, 0.1) is 18.8 Å². The Bertz CT molecular complexity index is 1090. The number of likely N-dealkylation sites (tertiary alicyclic amines) is 1. The van der Waals surface area contributed by atoms with Crippen LogP contribution in [0.4, 0.5) is 10.2 Å². The maximum Gasteiger partial charge on any atom is 0.228 e. The third-order valence-corrected chi connectivity index (χ3v) is 7.28. The summed E-state index contributed by atoms with van der Waals surface area (Å²) in [5.41, 5.74) is 1.01. The smallest absolute Gasteiger partial charge is 0.228 e. The normalized spacial score (nSPS) is 22.4. The van der Waals surface area contributed by atoms with Gasteiger partial charge in [-0.05, 0) is 56.0 Å². The lowest BCUT2D eigenvalue weighted by Crippen LogP contribution is -2.50. The summed E-state index contributed by atoms with van der Waals surface area (Å²) in [7, 11) is 0. The van der Waals surface area contributed by atoms with Crippen LogP contribution in [0.1, 0.15) is 30.7 Å². The summed E-state index contributed by atoms with van der Waals surface area (Å²) in [5, 5.41) is 15.2. The van der Waals surface area contributed by atoms with E-state index in [1.54, 1.807) is 17.5 Å². The number of carbonyl (C=O) groups excluding carboxylic acids is 1. The maximum atomic E-state index is 13.0. The number of aryl methyl sites for hydroxylation is 1. The fourth-order valence-electron chi connectivity index (χ4n) is 4.61. The van der Waals surface area contributed by atoms with Crippen LogP contribution in [0.15, 0.2) is 30.5 Å². The first-order chi connectivity index (χ1) is 15.0. The van der Waals surface area contributed by atoms with Crippen LogP contribution in [-0.2, 0) is 4.79 Å². The van der Waals surface area contributed by atoms with E-state index < -0.39 is 6.17 Å². The van der Waals surface area contributed by atoms with E-state index in [0.29, 0.717) is 24.8 Å². The SMILES string of the molecule is Cc1nnc(-c2ccc3cnc(NC(=O)[C@H]4CC[C@H](CN5CC(F)C5)CC4)cc3c2)s1. The Morgan fingerprint density at radius 3 is 2.68 bits per heavy atom. The minimum Gasteiger partial charge on any atom is -0.310 e. The molecule has 3 heterocycles. The van der Waals surface area contributed by atoms with Gasteiger partial charge in [0.05, 0.1) is 0 Å². The van der Waals surface area contributed by atoms with Crippen molar-refractivity contribution in [3.05, 3.63) is 35.5 Å². The van der Waals surface area contributed by atoms with E-state index in [0.717, 1.165) is 58.6 Å². The van der Waals surface area contributed by atoms with Crippen molar-refractivity contribution >= 4 is 33.8 Å². The third kappa shape index (κ3) is 4.60. The number of anilines is 1. The second kappa shape index (κ2) is 8.59. The molecular weight excluding hydrogens is 413 g/mol. The molecule has 6 nitrogen and oxygen atoms in total. The first-order valence-electron chi connectivity index (χ1n) is 10.9. The molecule has 3 aromatic rings. The average molecular weight is 440 g/mol. The number of nitrogens with one attached hydrogen (secondary N) is 1. The Kier molecular flexibility index (Phi) is 5.67. The fourth-order valence-corrected chi connectivity index (χ4v) is 5.30. The topological polar surface area (TPSA) is 71.0 Å². The van der Waals surface area contributed by atoms with E-state index in [-0.39, 0.29) is 11.8 Å². The molecule has 2 aromatic heterocycles. The minimum atomic E-state index is -0.644. The van der Waals surface area contributed by atoms with Gasteiger partial charge < -0.3 is 5.32 Å². The number of fused-ring (bicyclic) bond motifs is 1. The van der Waals surface area contributed by atoms with Crippen LogP contribution >= 0.6 is 11.3 Å². The molecule has 1 saturated carbocycles. The molecule has 1 amide bonds. The van der Waals surface area contributed by atoms with E-state index in [1.165, 1.54) is 0 Å². The third-order valence-electron chi connectivity index (χ3n) is 6.39. The highest BCUT2D eigenvalue weighted by Gasteiger charge is 2.31. The quantitative estimate of drug-likeness (QED) is 0.636. The molecule has 8 heteroatoms. The Morgan fingerprint density at radius 1 is 1.16 bits per heavy atom. The van der Waals surface area contributed by atoms with Crippen LogP contribution in [-0.4, -0.2) is 51.8 Å². The number of hydrogen-bond donors (Lipinski definition) is 1. The Balaban J connectivity index is 1.21. The number of alkyl halides is 1. The van der Waals surface area contributed by atoms with E-state index in [2.05, 4.69) is 31.5 Å². The molecule has 1 aromatic carbocycles. The highest BCUT2D eigenvalue weighted by Crippen LogP contribution is 2.32. The lowest BCUT2D eigenvalue weighted by Gasteiger charge is -2.38. The van der Waals surface area contributed by atoms with Gasteiger partial charge in [0.15, 0.2) is 0 Å². The monoisotopic (exact) mass is 439 g/mol. The van der Waals surface area contributed by atoms with Crippen LogP contribution in [0.2, 0.25) is 0 Å². The molecule has 0 unspecified atom stereocenters. The number of hydrogen-bond acceptors (Lipinski definition) is 6. The standard InChI is InChI=1S/C23H26FN5OS/c1-14-27-28-23(31-14)17-6-7-18-10-25-21(9-19(18)8-17)26-22(30)16-4-2-15(3-5-16)11-29-12-20(24)13-29/h6-10,15-16,20H,2-5,11-13H2,1H3,(H,25,26,30)/t15-,16-. The van der Waals surface area contributed by atoms with Crippen LogP contribution in [0.3, 0.4) is 0 Å². The second-order valence-electron chi connectivity index (χ2n) is 8.78. The number of pyridine rings is 1. The van der Waals surface area contributed by atoms with Gasteiger partial charge in [-0.15, -0.1) is 10.2 Å². The number of carbonyl (C=O) groups is 1. The van der Waals surface area contributed by atoms with E-state index >= 15 is 0 Å². The van der Waals surface area contributed by atoms with Crippen LogP contribution in [0.25, 0.3) is 21.3 Å². The van der Waals surface area contributed by atoms with Gasteiger partial charge in [0.1, 0.15) is 22.0 Å². The molecule has 1 aliphatic heterocycles. The summed E-state index contributed by atoms with van der Waals surface area (Å²) in [5.74, 6) is 1.24. The molecule has 0 bridgehead atoms. The van der Waals surface area contributed by atoms with Crippen molar-refractivity contribution in [2.45, 2.75) is 38.8 Å². The molecule has 2 fully saturated rings. The predicted molar refractivity (Wildman–Crippen MR) is 121 cm³/mol. The molecule has 0 spiro atoms. The number of aromatic nitrogens is 3. The van der Waals surface area contributed by atoms with Gasteiger partial charge in [-0.2, -0.15) is 0 Å². The van der Waals surface area contributed by atoms with E-state index in [9.17, 15) is 9.18 Å². The molecule has 5 rings (SSSR count). The highest BCUT2D eigenvalue weighted by atomic mass is 32.1. The van der Waals surface area contributed by atoms with Gasteiger partial charge in [-0.3, -0.25) is 9.69 Å². The lowest BCUT2D eigenvalue weighted by molar-refractivity contribution is -0.121. The molecular formula is C23H26FN5OS. The van der Waals surface area contributed by atoms with Gasteiger partial charge in [0.2, 0.25) is 5.91 Å². The predicted octanol–water partition coefficient (Wildman–Crippen LogP) is 4.46. The van der Waals surface area contributed by atoms with Crippen molar-refractivity contribution in [3.8, 4) is 10.6 Å². The molecule has 2 aliphatic rings. The molecule has 1 saturated heterocycles. The molecule has 0 radical (unpaired) electrons. The zero-order valence-corrected chi connectivity index (χ0v) is 18.4. The van der Waals surface area contributed by atoms with Crippen molar-refractivity contribution in [1.82, 2.24) is 20.1 Å². The van der Waals surface area contributed by atoms with Crippen molar-refractivity contribution in [2.75, 3.05) is 25.0 Å². The second-order valence-corrected chi connectivity index (χ2v) is 9.96. The van der Waals surface area contributed by atoms with Crippen LogP contribution in [0.5, 0.6) is 0 Å². The summed E-state index contributed by atoms with van der Waals surface area (Å²) in [6.07, 6.45) is 4.98. The van der Waals surface area contributed by atoms with Crippen molar-refractivity contribution in [1.29, 1.82) is 0 Å². The fraction of sp³-hybridized carbons (Fsp3) is 0.478. The Hall–Kier alpha value is -2.45. The van der Waals surface area contributed by atoms with Gasteiger partial charge in [-0.25, -0.2) is 9.37 Å². The number of amides is 1. The van der Waals surface area contributed by atoms with Gasteiger partial charge >= 0.3 is 0 Å². The summed E-state index contributed by atoms with van der Waals surface area (Å²) in [6.45, 7) is 4.07. The number of halogens is 1. The van der Waals surface area contributed by atoms with Gasteiger partial charge in [0, 0.05) is 42.7 Å². The van der Waals surface area contributed by atoms with Gasteiger partial charge in [0.25, 0.3) is 0 Å². The van der Waals surface area contributed by atoms with Crippen molar-refractivity contribution in [3.63, 3.8) is 0 Å². The summed E-state index contributed by atoms with van der Waals surface area (Å²) < 4.78 is 13.0. The number of nitrogens with zero attached hydrogens (tertiary/aromatic N) is 4. The highest BCUT2D eigenvalue weighted by molar-refractivity contribution is 7.14. The van der Waals surface area contributed by atoms with E-state index in [4.69, 9.17) is 0 Å². The first kappa shape index (κ1) is 20.5. The van der Waals surface area contributed by atoms with E-state index in [1.807, 2.05) is 25.1 Å². The zero-order chi connectivity index (χ0) is 21.4. The molecule has 162 valence electrons. The Morgan fingerprint density at radius 2 is 1.97 bits per heavy atom. The summed E-state index contributed by atoms with van der Waals surface area (Å²) in [6, 6.07) is 8.03. The summed E-state index contributed by atoms with van der Waals surface area (Å²) in [4.78, 5) is 19.4. The van der Waals surface area contributed by atoms with Crippen molar-refractivity contribution in [2.24, 2.45) is 11.8 Å². The number of rotatable bonds is 5. The first-order valence-corrected chi connectivity index (χ1v) is 11.7. The Labute approximate surface area is 184 Å². The molecule has 0 atom stereocenters. The molecule has 1 aliphatic carbocycles. The lowest BCUT2D eigenvalue weighted by atomic mass is 9.81. The molecule has 1 N–H and O–H groups in total. The van der Waals surface area contributed by atoms with Crippen LogP contribution < -0.4 is 5.32 Å².